The van der Waals surface area contributed by atoms with Crippen molar-refractivity contribution in [3.63, 3.8) is 0 Å². The number of benzene rings is 2. The number of alkyl halides is 1. The highest BCUT2D eigenvalue weighted by molar-refractivity contribution is 6.18. The minimum atomic E-state index is 0.414. The van der Waals surface area contributed by atoms with Crippen molar-refractivity contribution in [2.24, 2.45) is 0 Å². The van der Waals surface area contributed by atoms with Gasteiger partial charge in [0.25, 0.3) is 0 Å². The molecule has 0 N–H and O–H groups in total. The van der Waals surface area contributed by atoms with Crippen molar-refractivity contribution in [2.75, 3.05) is 7.11 Å². The van der Waals surface area contributed by atoms with Crippen LogP contribution in [-0.4, -0.2) is 12.1 Å². The summed E-state index contributed by atoms with van der Waals surface area (Å²) in [5.74, 6) is 2.36. The second-order valence-corrected chi connectivity index (χ2v) is 4.82. The zero-order chi connectivity index (χ0) is 14.7. The lowest BCUT2D eigenvalue weighted by molar-refractivity contribution is 0.407. The largest absolute Gasteiger partial charge is 0.497 e. The number of hydrogen-bond acceptors (Lipinski definition) is 3. The van der Waals surface area contributed by atoms with Crippen molar-refractivity contribution >= 4 is 22.5 Å². The maximum absolute atomic E-state index is 6.03. The first-order valence-electron chi connectivity index (χ1n) is 6.56. The van der Waals surface area contributed by atoms with Crippen LogP contribution in [0.3, 0.4) is 0 Å². The Hall–Kier alpha value is -2.26. The number of nitrogens with zero attached hydrogens (tertiary/aromatic N) is 1. The van der Waals surface area contributed by atoms with Gasteiger partial charge in [-0.15, -0.1) is 11.6 Å². The van der Waals surface area contributed by atoms with Crippen LogP contribution in [0.15, 0.2) is 54.6 Å². The van der Waals surface area contributed by atoms with Gasteiger partial charge in [0.15, 0.2) is 0 Å². The Morgan fingerprint density at radius 3 is 2.62 bits per heavy atom. The van der Waals surface area contributed by atoms with Crippen LogP contribution in [-0.2, 0) is 5.88 Å². The summed E-state index contributed by atoms with van der Waals surface area (Å²) in [6.07, 6.45) is 0. The molecule has 0 bridgehead atoms. The van der Waals surface area contributed by atoms with E-state index in [0.29, 0.717) is 17.5 Å². The van der Waals surface area contributed by atoms with Crippen molar-refractivity contribution in [3.8, 4) is 17.4 Å². The van der Waals surface area contributed by atoms with Crippen molar-refractivity contribution in [1.29, 1.82) is 0 Å². The van der Waals surface area contributed by atoms with Gasteiger partial charge in [0.05, 0.1) is 12.6 Å². The predicted octanol–water partition coefficient (Wildman–Crippen LogP) is 4.77. The molecule has 0 saturated carbocycles. The number of fused-ring (bicyclic) bond motifs is 1. The summed E-state index contributed by atoms with van der Waals surface area (Å²) >= 11 is 6.03. The molecule has 3 aromatic rings. The predicted molar refractivity (Wildman–Crippen MR) is 84.4 cm³/mol. The Bertz CT molecular complexity index is 774. The Kier molecular flexibility index (Phi) is 3.93. The summed E-state index contributed by atoms with van der Waals surface area (Å²) in [6.45, 7) is 0. The van der Waals surface area contributed by atoms with Gasteiger partial charge < -0.3 is 9.47 Å². The topological polar surface area (TPSA) is 31.4 Å². The minimum Gasteiger partial charge on any atom is -0.497 e. The second-order valence-electron chi connectivity index (χ2n) is 4.55. The summed E-state index contributed by atoms with van der Waals surface area (Å²) in [5, 5.41) is 1.05. The van der Waals surface area contributed by atoms with E-state index in [-0.39, 0.29) is 0 Å². The number of para-hydroxylation sites is 1. The fourth-order valence-corrected chi connectivity index (χ4v) is 2.39. The van der Waals surface area contributed by atoms with Crippen molar-refractivity contribution in [2.45, 2.75) is 5.88 Å². The molecule has 3 rings (SSSR count). The molecular weight excluding hydrogens is 286 g/mol. The molecule has 0 atom stereocenters. The molecule has 0 radical (unpaired) electrons. The summed E-state index contributed by atoms with van der Waals surface area (Å²) in [5.41, 5.74) is 1.87. The second kappa shape index (κ2) is 6.02. The van der Waals surface area contributed by atoms with E-state index < -0.39 is 0 Å². The molecule has 21 heavy (non-hydrogen) atoms. The van der Waals surface area contributed by atoms with Crippen LogP contribution in [0.1, 0.15) is 5.56 Å². The van der Waals surface area contributed by atoms with Gasteiger partial charge in [0.2, 0.25) is 5.88 Å². The molecule has 0 unspecified atom stereocenters. The fourth-order valence-electron chi connectivity index (χ4n) is 2.17. The van der Waals surface area contributed by atoms with Crippen LogP contribution >= 0.6 is 11.6 Å². The van der Waals surface area contributed by atoms with Gasteiger partial charge in [0.1, 0.15) is 11.5 Å². The number of pyridine rings is 1. The average molecular weight is 300 g/mol. The summed E-state index contributed by atoms with van der Waals surface area (Å²) in [6, 6.07) is 17.2. The third kappa shape index (κ3) is 2.93. The molecule has 0 saturated heterocycles. The maximum Gasteiger partial charge on any atom is 0.220 e. The number of aromatic nitrogens is 1. The molecule has 3 nitrogen and oxygen atoms in total. The van der Waals surface area contributed by atoms with Gasteiger partial charge in [-0.1, -0.05) is 24.3 Å². The van der Waals surface area contributed by atoms with Crippen molar-refractivity contribution in [1.82, 2.24) is 4.98 Å². The lowest BCUT2D eigenvalue weighted by atomic mass is 10.1. The highest BCUT2D eigenvalue weighted by Crippen LogP contribution is 2.28. The molecule has 0 spiro atoms. The first kappa shape index (κ1) is 13.7. The molecule has 0 amide bonds. The number of hydrogen-bond donors (Lipinski definition) is 0. The van der Waals surface area contributed by atoms with E-state index in [1.165, 1.54) is 0 Å². The quantitative estimate of drug-likeness (QED) is 0.650. The first-order valence-corrected chi connectivity index (χ1v) is 7.10. The van der Waals surface area contributed by atoms with Crippen molar-refractivity contribution < 1.29 is 9.47 Å². The Morgan fingerprint density at radius 2 is 1.81 bits per heavy atom. The van der Waals surface area contributed by atoms with Gasteiger partial charge in [-0.3, -0.25) is 0 Å². The molecule has 0 aliphatic carbocycles. The van der Waals surface area contributed by atoms with Gasteiger partial charge in [-0.2, -0.15) is 0 Å². The Balaban J connectivity index is 2.00. The van der Waals surface area contributed by atoms with Crippen LogP contribution in [0.5, 0.6) is 17.4 Å². The monoisotopic (exact) mass is 299 g/mol. The highest BCUT2D eigenvalue weighted by atomic mass is 35.5. The zero-order valence-corrected chi connectivity index (χ0v) is 12.3. The van der Waals surface area contributed by atoms with E-state index >= 15 is 0 Å². The Morgan fingerprint density at radius 1 is 1.00 bits per heavy atom. The van der Waals surface area contributed by atoms with E-state index in [1.54, 1.807) is 7.11 Å². The molecule has 0 fully saturated rings. The van der Waals surface area contributed by atoms with Gasteiger partial charge in [-0.25, -0.2) is 4.98 Å². The van der Waals surface area contributed by atoms with Gasteiger partial charge in [-0.05, 0) is 23.8 Å². The molecule has 4 heteroatoms. The third-order valence-electron chi connectivity index (χ3n) is 3.19. The van der Waals surface area contributed by atoms with Crippen LogP contribution < -0.4 is 9.47 Å². The van der Waals surface area contributed by atoms with E-state index in [0.717, 1.165) is 22.2 Å². The van der Waals surface area contributed by atoms with E-state index in [2.05, 4.69) is 4.98 Å². The molecule has 106 valence electrons. The van der Waals surface area contributed by atoms with Crippen LogP contribution in [0.4, 0.5) is 0 Å². The van der Waals surface area contributed by atoms with E-state index in [4.69, 9.17) is 21.1 Å². The molecule has 0 aliphatic rings. The zero-order valence-electron chi connectivity index (χ0n) is 11.5. The summed E-state index contributed by atoms with van der Waals surface area (Å²) < 4.78 is 11.0. The normalized spacial score (nSPS) is 10.6. The lowest BCUT2D eigenvalue weighted by Crippen LogP contribution is -1.93. The molecule has 0 aliphatic heterocycles. The SMILES string of the molecule is COc1cccc(Oc2cc(CCl)c3ccccc3n2)c1. The van der Waals surface area contributed by atoms with Crippen molar-refractivity contribution in [3.05, 3.63) is 60.2 Å². The highest BCUT2D eigenvalue weighted by Gasteiger charge is 2.07. The van der Waals surface area contributed by atoms with E-state index in [9.17, 15) is 0 Å². The Labute approximate surface area is 128 Å². The average Bonchev–Trinajstić information content (AvgIpc) is 2.54. The number of rotatable bonds is 4. The van der Waals surface area contributed by atoms with Gasteiger partial charge >= 0.3 is 0 Å². The standard InChI is InChI=1S/C17H14ClNO2/c1-20-13-5-4-6-14(10-13)21-17-9-12(11-18)15-7-2-3-8-16(15)19-17/h2-10H,11H2,1H3. The molecule has 1 heterocycles. The van der Waals surface area contributed by atoms with Crippen LogP contribution in [0, 0.1) is 0 Å². The van der Waals surface area contributed by atoms with Crippen LogP contribution in [0.25, 0.3) is 10.9 Å². The smallest absolute Gasteiger partial charge is 0.220 e. The lowest BCUT2D eigenvalue weighted by Gasteiger charge is -2.09. The number of methoxy groups -OCH3 is 1. The molecule has 2 aromatic carbocycles. The van der Waals surface area contributed by atoms with Gasteiger partial charge in [0, 0.05) is 23.4 Å². The number of ether oxygens (including phenoxy) is 2. The first-order chi connectivity index (χ1) is 10.3. The maximum atomic E-state index is 6.03. The minimum absolute atomic E-state index is 0.414. The summed E-state index contributed by atoms with van der Waals surface area (Å²) in [7, 11) is 1.62. The molecule has 1 aromatic heterocycles. The van der Waals surface area contributed by atoms with Crippen LogP contribution in [0.2, 0.25) is 0 Å². The number of halogens is 1. The summed E-state index contributed by atoms with van der Waals surface area (Å²) in [4.78, 5) is 4.51. The fraction of sp³-hybridized carbons (Fsp3) is 0.118. The van der Waals surface area contributed by atoms with E-state index in [1.807, 2.05) is 54.6 Å². The molecular formula is C17H14ClNO2. The third-order valence-corrected chi connectivity index (χ3v) is 3.47.